The summed E-state index contributed by atoms with van der Waals surface area (Å²) in [6.07, 6.45) is 0.792. The molecule has 0 fully saturated rings. The summed E-state index contributed by atoms with van der Waals surface area (Å²) >= 11 is 5.51. The SMILES string of the molecule is CCc1oc(-c2ccc(C)cc2)nc1COCCl. The van der Waals surface area contributed by atoms with Crippen LogP contribution in [0.3, 0.4) is 0 Å². The highest BCUT2D eigenvalue weighted by molar-refractivity contribution is 6.17. The highest BCUT2D eigenvalue weighted by atomic mass is 35.5. The Labute approximate surface area is 112 Å². The lowest BCUT2D eigenvalue weighted by Gasteiger charge is -1.96. The quantitative estimate of drug-likeness (QED) is 0.769. The minimum Gasteiger partial charge on any atom is -0.441 e. The molecule has 0 aliphatic rings. The summed E-state index contributed by atoms with van der Waals surface area (Å²) in [6.45, 7) is 4.47. The minimum absolute atomic E-state index is 0.163. The number of ether oxygens (including phenoxy) is 1. The summed E-state index contributed by atoms with van der Waals surface area (Å²) < 4.78 is 10.9. The fraction of sp³-hybridized carbons (Fsp3) is 0.357. The van der Waals surface area contributed by atoms with Crippen molar-refractivity contribution in [3.8, 4) is 11.5 Å². The molecule has 1 aromatic carbocycles. The molecular weight excluding hydrogens is 250 g/mol. The molecule has 0 unspecified atom stereocenters. The molecule has 4 heteroatoms. The zero-order valence-corrected chi connectivity index (χ0v) is 11.3. The van der Waals surface area contributed by atoms with Crippen LogP contribution in [0.1, 0.15) is 23.9 Å². The molecule has 0 saturated heterocycles. The molecule has 3 nitrogen and oxygen atoms in total. The number of aryl methyl sites for hydroxylation is 2. The Morgan fingerprint density at radius 1 is 1.28 bits per heavy atom. The van der Waals surface area contributed by atoms with Crippen LogP contribution in [0.25, 0.3) is 11.5 Å². The Balaban J connectivity index is 2.28. The van der Waals surface area contributed by atoms with Gasteiger partial charge in [-0.3, -0.25) is 0 Å². The molecule has 2 aromatic rings. The van der Waals surface area contributed by atoms with Crippen molar-refractivity contribution in [2.24, 2.45) is 0 Å². The molecule has 2 rings (SSSR count). The van der Waals surface area contributed by atoms with Crippen LogP contribution in [0.2, 0.25) is 0 Å². The molecule has 0 bridgehead atoms. The standard InChI is InChI=1S/C14H16ClNO2/c1-3-13-12(8-17-9-15)16-14(18-13)11-6-4-10(2)5-7-11/h4-7H,3,8-9H2,1-2H3. The number of nitrogens with zero attached hydrogens (tertiary/aromatic N) is 1. The second-order valence-electron chi connectivity index (χ2n) is 4.07. The predicted molar refractivity (Wildman–Crippen MR) is 71.6 cm³/mol. The number of aromatic nitrogens is 1. The second-order valence-corrected chi connectivity index (χ2v) is 4.28. The summed E-state index contributed by atoms with van der Waals surface area (Å²) in [5.74, 6) is 1.50. The second kappa shape index (κ2) is 6.03. The molecular formula is C14H16ClNO2. The van der Waals surface area contributed by atoms with Crippen LogP contribution in [0.15, 0.2) is 28.7 Å². The average molecular weight is 266 g/mol. The molecule has 0 radical (unpaired) electrons. The number of alkyl halides is 1. The fourth-order valence-electron chi connectivity index (χ4n) is 1.73. The summed E-state index contributed by atoms with van der Waals surface area (Å²) in [5, 5.41) is 0. The first-order valence-corrected chi connectivity index (χ1v) is 6.47. The molecule has 0 aliphatic heterocycles. The number of rotatable bonds is 5. The molecule has 1 heterocycles. The third-order valence-electron chi connectivity index (χ3n) is 2.71. The fourth-order valence-corrected chi connectivity index (χ4v) is 1.80. The van der Waals surface area contributed by atoms with E-state index < -0.39 is 0 Å². The molecule has 0 atom stereocenters. The first-order valence-electron chi connectivity index (χ1n) is 5.94. The summed E-state index contributed by atoms with van der Waals surface area (Å²) in [7, 11) is 0. The van der Waals surface area contributed by atoms with Crippen molar-refractivity contribution >= 4 is 11.6 Å². The summed E-state index contributed by atoms with van der Waals surface area (Å²) in [5.41, 5.74) is 3.02. The van der Waals surface area contributed by atoms with Gasteiger partial charge in [0.1, 0.15) is 17.5 Å². The van der Waals surface area contributed by atoms with Crippen molar-refractivity contribution in [3.63, 3.8) is 0 Å². The van der Waals surface area contributed by atoms with E-state index in [1.165, 1.54) is 5.56 Å². The lowest BCUT2D eigenvalue weighted by Crippen LogP contribution is -1.94. The zero-order chi connectivity index (χ0) is 13.0. The van der Waals surface area contributed by atoms with E-state index in [-0.39, 0.29) is 6.07 Å². The monoisotopic (exact) mass is 265 g/mol. The highest BCUT2D eigenvalue weighted by Gasteiger charge is 2.13. The average Bonchev–Trinajstić information content (AvgIpc) is 2.80. The van der Waals surface area contributed by atoms with Gasteiger partial charge >= 0.3 is 0 Å². The Morgan fingerprint density at radius 3 is 2.61 bits per heavy atom. The Bertz CT molecular complexity index is 505. The number of oxazole rings is 1. The molecule has 0 spiro atoms. The van der Waals surface area contributed by atoms with Gasteiger partial charge in [0.25, 0.3) is 0 Å². The Morgan fingerprint density at radius 2 is 2.00 bits per heavy atom. The van der Waals surface area contributed by atoms with Gasteiger partial charge in [0.2, 0.25) is 5.89 Å². The number of hydrogen-bond acceptors (Lipinski definition) is 3. The van der Waals surface area contributed by atoms with Gasteiger partial charge in [-0.15, -0.1) is 0 Å². The van der Waals surface area contributed by atoms with E-state index in [4.69, 9.17) is 20.8 Å². The number of halogens is 1. The smallest absolute Gasteiger partial charge is 0.226 e. The van der Waals surface area contributed by atoms with Gasteiger partial charge in [0.05, 0.1) is 6.61 Å². The number of benzene rings is 1. The lowest BCUT2D eigenvalue weighted by molar-refractivity contribution is 0.161. The van der Waals surface area contributed by atoms with Crippen LogP contribution >= 0.6 is 11.6 Å². The Kier molecular flexibility index (Phi) is 4.39. The lowest BCUT2D eigenvalue weighted by atomic mass is 10.1. The predicted octanol–water partition coefficient (Wildman–Crippen LogP) is 3.93. The first-order chi connectivity index (χ1) is 8.74. The van der Waals surface area contributed by atoms with E-state index in [1.807, 2.05) is 31.2 Å². The van der Waals surface area contributed by atoms with Crippen LogP contribution in [0, 0.1) is 6.92 Å². The van der Waals surface area contributed by atoms with Gasteiger partial charge < -0.3 is 9.15 Å². The maximum absolute atomic E-state index is 5.75. The highest BCUT2D eigenvalue weighted by Crippen LogP contribution is 2.23. The Hall–Kier alpha value is -1.32. The van der Waals surface area contributed by atoms with E-state index in [2.05, 4.69) is 11.9 Å². The third-order valence-corrected chi connectivity index (χ3v) is 2.87. The maximum Gasteiger partial charge on any atom is 0.226 e. The van der Waals surface area contributed by atoms with Crippen molar-refractivity contribution in [1.29, 1.82) is 0 Å². The van der Waals surface area contributed by atoms with Gasteiger partial charge in [0.15, 0.2) is 0 Å². The van der Waals surface area contributed by atoms with E-state index in [0.29, 0.717) is 12.5 Å². The molecule has 0 saturated carbocycles. The summed E-state index contributed by atoms with van der Waals surface area (Å²) in [6, 6.07) is 8.26. The molecule has 18 heavy (non-hydrogen) atoms. The molecule has 1 aromatic heterocycles. The molecule has 0 N–H and O–H groups in total. The third kappa shape index (κ3) is 2.92. The normalized spacial score (nSPS) is 10.8. The topological polar surface area (TPSA) is 35.3 Å². The van der Waals surface area contributed by atoms with Crippen LogP contribution in [-0.4, -0.2) is 11.1 Å². The van der Waals surface area contributed by atoms with Gasteiger partial charge in [-0.2, -0.15) is 0 Å². The molecule has 0 amide bonds. The van der Waals surface area contributed by atoms with Gasteiger partial charge in [-0.05, 0) is 19.1 Å². The zero-order valence-electron chi connectivity index (χ0n) is 10.6. The van der Waals surface area contributed by atoms with Gasteiger partial charge in [-0.1, -0.05) is 36.2 Å². The van der Waals surface area contributed by atoms with Crippen LogP contribution in [-0.2, 0) is 17.8 Å². The van der Waals surface area contributed by atoms with Crippen molar-refractivity contribution in [2.75, 3.05) is 6.07 Å². The minimum atomic E-state index is 0.163. The van der Waals surface area contributed by atoms with Crippen LogP contribution in [0.4, 0.5) is 0 Å². The van der Waals surface area contributed by atoms with Gasteiger partial charge in [0, 0.05) is 12.0 Å². The van der Waals surface area contributed by atoms with Crippen molar-refractivity contribution in [1.82, 2.24) is 4.98 Å². The summed E-state index contributed by atoms with van der Waals surface area (Å²) in [4.78, 5) is 4.47. The van der Waals surface area contributed by atoms with Crippen LogP contribution < -0.4 is 0 Å². The van der Waals surface area contributed by atoms with E-state index in [9.17, 15) is 0 Å². The van der Waals surface area contributed by atoms with Crippen molar-refractivity contribution in [3.05, 3.63) is 41.3 Å². The van der Waals surface area contributed by atoms with E-state index in [0.717, 1.165) is 23.4 Å². The van der Waals surface area contributed by atoms with Crippen LogP contribution in [0.5, 0.6) is 0 Å². The van der Waals surface area contributed by atoms with Crippen molar-refractivity contribution in [2.45, 2.75) is 26.9 Å². The number of hydrogen-bond donors (Lipinski definition) is 0. The molecule has 0 aliphatic carbocycles. The maximum atomic E-state index is 5.75. The van der Waals surface area contributed by atoms with Gasteiger partial charge in [-0.25, -0.2) is 4.98 Å². The first kappa shape index (κ1) is 13.1. The van der Waals surface area contributed by atoms with E-state index in [1.54, 1.807) is 0 Å². The molecule has 96 valence electrons. The van der Waals surface area contributed by atoms with Crippen molar-refractivity contribution < 1.29 is 9.15 Å². The largest absolute Gasteiger partial charge is 0.441 e. The van der Waals surface area contributed by atoms with E-state index >= 15 is 0 Å².